The van der Waals surface area contributed by atoms with E-state index in [-0.39, 0.29) is 11.9 Å². The molecule has 0 aliphatic carbocycles. The maximum atomic E-state index is 13.0. The first kappa shape index (κ1) is 15.7. The predicted octanol–water partition coefficient (Wildman–Crippen LogP) is 4.77. The van der Waals surface area contributed by atoms with E-state index in [1.165, 1.54) is 20.1 Å². The van der Waals surface area contributed by atoms with Gasteiger partial charge in [-0.05, 0) is 25.5 Å². The number of aldehydes is 1. The first-order valence-electron chi connectivity index (χ1n) is 5.44. The molecule has 0 aromatic heterocycles. The monoisotopic (exact) mass is 302 g/mol. The van der Waals surface area contributed by atoms with Gasteiger partial charge in [0.15, 0.2) is 12.1 Å². The maximum absolute atomic E-state index is 13.0. The van der Waals surface area contributed by atoms with Gasteiger partial charge in [0.25, 0.3) is 0 Å². The van der Waals surface area contributed by atoms with E-state index in [0.717, 1.165) is 5.56 Å². The zero-order chi connectivity index (χ0) is 14.6. The highest BCUT2D eigenvalue weighted by Gasteiger charge is 2.11. The van der Waals surface area contributed by atoms with Crippen LogP contribution in [0.2, 0.25) is 10.0 Å². The number of allylic oxidation sites excluding steroid dienone is 3. The lowest BCUT2D eigenvalue weighted by molar-refractivity contribution is -0.106. The summed E-state index contributed by atoms with van der Waals surface area (Å²) in [6.45, 7) is 3.28. The summed E-state index contributed by atoms with van der Waals surface area (Å²) in [5, 5.41) is 0.822. The Balaban J connectivity index is 3.27. The first-order chi connectivity index (χ1) is 8.92. The van der Waals surface area contributed by atoms with Gasteiger partial charge >= 0.3 is 0 Å². The van der Waals surface area contributed by atoms with Gasteiger partial charge in [0.2, 0.25) is 0 Å². The molecule has 2 nitrogen and oxygen atoms in total. The molecule has 0 saturated carbocycles. The van der Waals surface area contributed by atoms with Crippen molar-refractivity contribution >= 4 is 35.6 Å². The number of halogens is 3. The van der Waals surface area contributed by atoms with E-state index in [1.807, 2.05) is 0 Å². The van der Waals surface area contributed by atoms with Crippen LogP contribution < -0.4 is 4.74 Å². The minimum absolute atomic E-state index is 0.155. The third-order valence-electron chi connectivity index (χ3n) is 2.65. The van der Waals surface area contributed by atoms with E-state index in [9.17, 15) is 9.18 Å². The Hall–Kier alpha value is -1.32. The fourth-order valence-electron chi connectivity index (χ4n) is 1.46. The summed E-state index contributed by atoms with van der Waals surface area (Å²) >= 11 is 12.3. The number of hydrogen-bond donors (Lipinski definition) is 0. The number of methoxy groups -OCH3 is 1. The van der Waals surface area contributed by atoms with E-state index in [0.29, 0.717) is 21.4 Å². The van der Waals surface area contributed by atoms with E-state index < -0.39 is 5.83 Å². The van der Waals surface area contributed by atoms with Gasteiger partial charge < -0.3 is 4.74 Å². The van der Waals surface area contributed by atoms with Gasteiger partial charge in [0.05, 0.1) is 17.2 Å². The summed E-state index contributed by atoms with van der Waals surface area (Å²) in [6, 6.07) is 1.64. The molecule has 1 aromatic rings. The van der Waals surface area contributed by atoms with Gasteiger partial charge in [-0.25, -0.2) is 4.39 Å². The van der Waals surface area contributed by atoms with Crippen LogP contribution in [0.25, 0.3) is 6.08 Å². The number of rotatable bonds is 4. The number of ether oxygens (including phenoxy) is 1. The molecular weight excluding hydrogens is 290 g/mol. The average Bonchev–Trinajstić information content (AvgIpc) is 2.41. The van der Waals surface area contributed by atoms with Gasteiger partial charge in [-0.1, -0.05) is 35.4 Å². The van der Waals surface area contributed by atoms with Crippen molar-refractivity contribution in [2.75, 3.05) is 7.11 Å². The standard InChI is InChI=1S/C14H13Cl2FO2/c1-8(12(17)7-18)4-5-10-11(15)6-13(19-3)9(2)14(10)16/h4-7H,1-3H3. The minimum atomic E-state index is -0.825. The van der Waals surface area contributed by atoms with Crippen molar-refractivity contribution in [1.29, 1.82) is 0 Å². The van der Waals surface area contributed by atoms with Crippen LogP contribution in [0, 0.1) is 6.92 Å². The molecule has 0 unspecified atom stereocenters. The summed E-state index contributed by atoms with van der Waals surface area (Å²) in [5.41, 5.74) is 1.50. The first-order valence-corrected chi connectivity index (χ1v) is 6.20. The van der Waals surface area contributed by atoms with Gasteiger partial charge in [0, 0.05) is 11.1 Å². The average molecular weight is 303 g/mol. The fraction of sp³-hybridized carbons (Fsp3) is 0.214. The second kappa shape index (κ2) is 6.73. The lowest BCUT2D eigenvalue weighted by Crippen LogP contribution is -1.91. The topological polar surface area (TPSA) is 26.3 Å². The van der Waals surface area contributed by atoms with Gasteiger partial charge in [-0.15, -0.1) is 0 Å². The highest BCUT2D eigenvalue weighted by molar-refractivity contribution is 6.38. The highest BCUT2D eigenvalue weighted by atomic mass is 35.5. The molecule has 0 spiro atoms. The molecule has 0 amide bonds. The Bertz CT molecular complexity index is 563. The smallest absolute Gasteiger partial charge is 0.178 e. The van der Waals surface area contributed by atoms with Gasteiger partial charge in [-0.2, -0.15) is 0 Å². The van der Waals surface area contributed by atoms with Crippen molar-refractivity contribution < 1.29 is 13.9 Å². The molecule has 102 valence electrons. The van der Waals surface area contributed by atoms with Gasteiger partial charge in [0.1, 0.15) is 5.75 Å². The third kappa shape index (κ3) is 3.58. The molecule has 1 rings (SSSR count). The lowest BCUT2D eigenvalue weighted by Gasteiger charge is -2.10. The maximum Gasteiger partial charge on any atom is 0.178 e. The van der Waals surface area contributed by atoms with Crippen molar-refractivity contribution in [2.45, 2.75) is 13.8 Å². The summed E-state index contributed by atoms with van der Waals surface area (Å²) in [5.74, 6) is -0.243. The molecule has 0 heterocycles. The Kier molecular flexibility index (Phi) is 5.58. The Labute approximate surface area is 121 Å². The minimum Gasteiger partial charge on any atom is -0.496 e. The van der Waals surface area contributed by atoms with E-state index in [1.54, 1.807) is 19.1 Å². The van der Waals surface area contributed by atoms with E-state index >= 15 is 0 Å². The molecule has 0 aliphatic rings. The third-order valence-corrected chi connectivity index (χ3v) is 3.45. The summed E-state index contributed by atoms with van der Waals surface area (Å²) < 4.78 is 18.1. The zero-order valence-corrected chi connectivity index (χ0v) is 12.3. The summed E-state index contributed by atoms with van der Waals surface area (Å²) in [6.07, 6.45) is 3.17. The quantitative estimate of drug-likeness (QED) is 0.455. The molecule has 0 N–H and O–H groups in total. The van der Waals surface area contributed by atoms with E-state index in [4.69, 9.17) is 27.9 Å². The molecule has 0 aliphatic heterocycles. The van der Waals surface area contributed by atoms with Crippen LogP contribution in [0.15, 0.2) is 23.5 Å². The van der Waals surface area contributed by atoms with Crippen molar-refractivity contribution in [3.05, 3.63) is 44.7 Å². The number of carbonyl (C=O) groups is 1. The second-order valence-corrected chi connectivity index (χ2v) is 4.68. The zero-order valence-electron chi connectivity index (χ0n) is 10.8. The summed E-state index contributed by atoms with van der Waals surface area (Å²) in [7, 11) is 1.52. The van der Waals surface area contributed by atoms with Gasteiger partial charge in [-0.3, -0.25) is 4.79 Å². The summed E-state index contributed by atoms with van der Waals surface area (Å²) in [4.78, 5) is 10.3. The second-order valence-electron chi connectivity index (χ2n) is 3.90. The highest BCUT2D eigenvalue weighted by Crippen LogP contribution is 2.35. The largest absolute Gasteiger partial charge is 0.496 e. The van der Waals surface area contributed by atoms with Crippen LogP contribution in [0.1, 0.15) is 18.1 Å². The van der Waals surface area contributed by atoms with Crippen molar-refractivity contribution in [1.82, 2.24) is 0 Å². The van der Waals surface area contributed by atoms with Crippen molar-refractivity contribution in [3.8, 4) is 5.75 Å². The molecule has 0 bridgehead atoms. The van der Waals surface area contributed by atoms with Crippen LogP contribution in [0.3, 0.4) is 0 Å². The molecule has 0 fully saturated rings. The Morgan fingerprint density at radius 3 is 2.58 bits per heavy atom. The SMILES string of the molecule is COc1cc(Cl)c(C=CC(C)=C(F)C=O)c(Cl)c1C. The van der Waals surface area contributed by atoms with Crippen LogP contribution in [0.4, 0.5) is 4.39 Å². The normalized spacial score (nSPS) is 12.5. The molecule has 1 aromatic carbocycles. The molecule has 0 saturated heterocycles. The van der Waals surface area contributed by atoms with E-state index in [2.05, 4.69) is 0 Å². The van der Waals surface area contributed by atoms with Crippen LogP contribution in [-0.2, 0) is 4.79 Å². The fourth-order valence-corrected chi connectivity index (χ4v) is 2.02. The number of carbonyl (C=O) groups excluding carboxylic acids is 1. The Morgan fingerprint density at radius 2 is 2.05 bits per heavy atom. The Morgan fingerprint density at radius 1 is 1.42 bits per heavy atom. The van der Waals surface area contributed by atoms with Crippen LogP contribution in [-0.4, -0.2) is 13.4 Å². The molecule has 0 radical (unpaired) electrons. The van der Waals surface area contributed by atoms with Crippen LogP contribution >= 0.6 is 23.2 Å². The molecule has 19 heavy (non-hydrogen) atoms. The van der Waals surface area contributed by atoms with Crippen LogP contribution in [0.5, 0.6) is 5.75 Å². The van der Waals surface area contributed by atoms with Crippen molar-refractivity contribution in [3.63, 3.8) is 0 Å². The number of benzene rings is 1. The molecule has 5 heteroatoms. The molecule has 0 atom stereocenters. The lowest BCUT2D eigenvalue weighted by atomic mass is 10.1. The number of hydrogen-bond acceptors (Lipinski definition) is 2. The predicted molar refractivity (Wildman–Crippen MR) is 76.7 cm³/mol. The molecular formula is C14H13Cl2FO2. The van der Waals surface area contributed by atoms with Crippen molar-refractivity contribution in [2.24, 2.45) is 0 Å².